The van der Waals surface area contributed by atoms with Gasteiger partial charge in [0.15, 0.2) is 0 Å². The maximum atomic E-state index is 12.7. The molecule has 1 N–H and O–H groups in total. The first-order valence-electron chi connectivity index (χ1n) is 6.10. The average molecular weight is 336 g/mol. The van der Waals surface area contributed by atoms with Crippen molar-refractivity contribution in [3.8, 4) is 0 Å². The van der Waals surface area contributed by atoms with Crippen LogP contribution in [-0.4, -0.2) is 50.2 Å². The monoisotopic (exact) mass is 336 g/mol. The van der Waals surface area contributed by atoms with E-state index in [1.807, 2.05) is 0 Å². The summed E-state index contributed by atoms with van der Waals surface area (Å²) in [6, 6.07) is 5.91. The summed E-state index contributed by atoms with van der Waals surface area (Å²) in [4.78, 5) is 24.6. The minimum Gasteiger partial charge on any atom is -0.273 e. The van der Waals surface area contributed by atoms with Gasteiger partial charge in [0.1, 0.15) is 0 Å². The van der Waals surface area contributed by atoms with Crippen molar-refractivity contribution in [2.75, 3.05) is 12.3 Å². The highest BCUT2D eigenvalue weighted by molar-refractivity contribution is 7.89. The van der Waals surface area contributed by atoms with Crippen LogP contribution in [0.2, 0.25) is 0 Å². The zero-order valence-electron chi connectivity index (χ0n) is 11.0. The van der Waals surface area contributed by atoms with Gasteiger partial charge in [0.25, 0.3) is 18.2 Å². The second-order valence-corrected chi connectivity index (χ2v) is 6.35. The minimum absolute atomic E-state index is 0.133. The Morgan fingerprint density at radius 3 is 2.00 bits per heavy atom. The standard InChI is InChI=1S/C12H11F3N2O4S/c13-9(14)10(15)16-22(20,21)6-5-17-11(18)7-3-1-2-4-8(7)12(17)19/h1-4,9-10,16H,5-6H2. The van der Waals surface area contributed by atoms with Gasteiger partial charge in [0, 0.05) is 6.54 Å². The van der Waals surface area contributed by atoms with E-state index in [2.05, 4.69) is 0 Å². The van der Waals surface area contributed by atoms with Crippen LogP contribution >= 0.6 is 0 Å². The highest BCUT2D eigenvalue weighted by Gasteiger charge is 2.36. The predicted molar refractivity (Wildman–Crippen MR) is 69.6 cm³/mol. The zero-order valence-corrected chi connectivity index (χ0v) is 11.8. The van der Waals surface area contributed by atoms with Crippen molar-refractivity contribution in [2.24, 2.45) is 0 Å². The molecule has 1 aliphatic heterocycles. The van der Waals surface area contributed by atoms with Crippen molar-refractivity contribution in [2.45, 2.75) is 12.7 Å². The molecule has 6 nitrogen and oxygen atoms in total. The van der Waals surface area contributed by atoms with Gasteiger partial charge in [-0.05, 0) is 12.1 Å². The van der Waals surface area contributed by atoms with Crippen molar-refractivity contribution >= 4 is 21.8 Å². The van der Waals surface area contributed by atoms with Crippen molar-refractivity contribution in [1.29, 1.82) is 0 Å². The molecule has 0 aliphatic carbocycles. The SMILES string of the molecule is O=C1c2ccccc2C(=O)N1CCS(=O)(=O)NC(F)C(F)F. The molecule has 0 radical (unpaired) electrons. The van der Waals surface area contributed by atoms with Crippen molar-refractivity contribution in [3.05, 3.63) is 35.4 Å². The van der Waals surface area contributed by atoms with Crippen LogP contribution in [0.3, 0.4) is 0 Å². The molecule has 0 saturated heterocycles. The van der Waals surface area contributed by atoms with Crippen LogP contribution in [0.5, 0.6) is 0 Å². The Kier molecular flexibility index (Phi) is 4.52. The molecule has 1 heterocycles. The summed E-state index contributed by atoms with van der Waals surface area (Å²) in [7, 11) is -4.40. The number of hydrogen-bond donors (Lipinski definition) is 1. The number of nitrogens with zero attached hydrogens (tertiary/aromatic N) is 1. The summed E-state index contributed by atoms with van der Waals surface area (Å²) >= 11 is 0. The van der Waals surface area contributed by atoms with Gasteiger partial charge >= 0.3 is 0 Å². The number of amides is 2. The molecule has 0 spiro atoms. The molecule has 0 saturated carbocycles. The van der Waals surface area contributed by atoms with Gasteiger partial charge in [0.05, 0.1) is 16.9 Å². The van der Waals surface area contributed by atoms with Crippen LogP contribution in [0, 0.1) is 0 Å². The number of sulfonamides is 1. The summed E-state index contributed by atoms with van der Waals surface area (Å²) in [5.74, 6) is -2.23. The Balaban J connectivity index is 2.04. The number of nitrogens with one attached hydrogen (secondary N) is 1. The Morgan fingerprint density at radius 1 is 1.05 bits per heavy atom. The van der Waals surface area contributed by atoms with Crippen LogP contribution < -0.4 is 4.72 Å². The first-order chi connectivity index (χ1) is 10.2. The molecule has 1 aliphatic rings. The van der Waals surface area contributed by atoms with Gasteiger partial charge < -0.3 is 0 Å². The van der Waals surface area contributed by atoms with Gasteiger partial charge in [0.2, 0.25) is 16.3 Å². The van der Waals surface area contributed by atoms with Gasteiger partial charge in [-0.2, -0.15) is 4.72 Å². The Labute approximate surface area is 124 Å². The molecule has 1 unspecified atom stereocenters. The Hall–Kier alpha value is -1.94. The normalized spacial score (nSPS) is 16.3. The summed E-state index contributed by atoms with van der Waals surface area (Å²) < 4.78 is 60.7. The van der Waals surface area contributed by atoms with Crippen molar-refractivity contribution in [1.82, 2.24) is 9.62 Å². The van der Waals surface area contributed by atoms with Crippen LogP contribution in [0.1, 0.15) is 20.7 Å². The molecule has 2 amide bonds. The zero-order chi connectivity index (χ0) is 16.5. The number of rotatable bonds is 6. The molecule has 1 atom stereocenters. The second-order valence-electron chi connectivity index (χ2n) is 4.48. The van der Waals surface area contributed by atoms with E-state index in [1.165, 1.54) is 12.1 Å². The second kappa shape index (κ2) is 6.05. The fourth-order valence-electron chi connectivity index (χ4n) is 1.94. The van der Waals surface area contributed by atoms with Crippen molar-refractivity contribution < 1.29 is 31.2 Å². The van der Waals surface area contributed by atoms with E-state index in [0.717, 1.165) is 4.72 Å². The first kappa shape index (κ1) is 16.4. The summed E-state index contributed by atoms with van der Waals surface area (Å²) in [5, 5.41) is 0. The third-order valence-electron chi connectivity index (χ3n) is 2.98. The number of carbonyl (C=O) groups excluding carboxylic acids is 2. The number of imide groups is 1. The molecule has 22 heavy (non-hydrogen) atoms. The van der Waals surface area contributed by atoms with Crippen LogP contribution in [0.15, 0.2) is 24.3 Å². The number of halogens is 3. The lowest BCUT2D eigenvalue weighted by Crippen LogP contribution is -2.42. The highest BCUT2D eigenvalue weighted by Crippen LogP contribution is 2.22. The van der Waals surface area contributed by atoms with Gasteiger partial charge in [-0.15, -0.1) is 0 Å². The summed E-state index contributed by atoms with van der Waals surface area (Å²) in [5.41, 5.74) is 0.266. The lowest BCUT2D eigenvalue weighted by Gasteiger charge is -2.15. The molecular formula is C12H11F3N2O4S. The first-order valence-corrected chi connectivity index (χ1v) is 7.75. The molecule has 2 rings (SSSR count). The van der Waals surface area contributed by atoms with E-state index < -0.39 is 46.9 Å². The molecule has 1 aromatic rings. The average Bonchev–Trinajstić information content (AvgIpc) is 2.69. The predicted octanol–water partition coefficient (Wildman–Crippen LogP) is 0.763. The van der Waals surface area contributed by atoms with Crippen LogP contribution in [0.4, 0.5) is 13.2 Å². The number of fused-ring (bicyclic) bond motifs is 1. The number of benzene rings is 1. The molecular weight excluding hydrogens is 325 g/mol. The van der Waals surface area contributed by atoms with E-state index in [9.17, 15) is 31.2 Å². The summed E-state index contributed by atoms with van der Waals surface area (Å²) in [6.45, 7) is -0.558. The third kappa shape index (κ3) is 3.28. The van der Waals surface area contributed by atoms with E-state index in [-0.39, 0.29) is 11.1 Å². The summed E-state index contributed by atoms with van der Waals surface area (Å²) in [6.07, 6.45) is -6.54. The van der Waals surface area contributed by atoms with Crippen LogP contribution in [0.25, 0.3) is 0 Å². The fraction of sp³-hybridized carbons (Fsp3) is 0.333. The molecule has 1 aromatic carbocycles. The van der Waals surface area contributed by atoms with Gasteiger partial charge in [-0.25, -0.2) is 21.6 Å². The smallest absolute Gasteiger partial charge is 0.273 e. The van der Waals surface area contributed by atoms with Crippen molar-refractivity contribution in [3.63, 3.8) is 0 Å². The van der Waals surface area contributed by atoms with E-state index in [1.54, 1.807) is 12.1 Å². The number of alkyl halides is 3. The quantitative estimate of drug-likeness (QED) is 0.614. The van der Waals surface area contributed by atoms with E-state index >= 15 is 0 Å². The van der Waals surface area contributed by atoms with Gasteiger partial charge in [-0.3, -0.25) is 14.5 Å². The molecule has 0 fully saturated rings. The number of carbonyl (C=O) groups is 2. The largest absolute Gasteiger partial charge is 0.283 e. The molecule has 10 heteroatoms. The topological polar surface area (TPSA) is 83.6 Å². The maximum Gasteiger partial charge on any atom is 0.283 e. The van der Waals surface area contributed by atoms with E-state index in [0.29, 0.717) is 4.90 Å². The van der Waals surface area contributed by atoms with Gasteiger partial charge in [-0.1, -0.05) is 12.1 Å². The lowest BCUT2D eigenvalue weighted by molar-refractivity contribution is 0.0439. The maximum absolute atomic E-state index is 12.7. The Morgan fingerprint density at radius 2 is 1.55 bits per heavy atom. The number of hydrogen-bond acceptors (Lipinski definition) is 4. The molecule has 0 bridgehead atoms. The minimum atomic E-state index is -4.40. The Bertz CT molecular complexity index is 673. The fourth-order valence-corrected chi connectivity index (χ4v) is 2.92. The van der Waals surface area contributed by atoms with Crippen LogP contribution in [-0.2, 0) is 10.0 Å². The third-order valence-corrected chi connectivity index (χ3v) is 4.28. The molecule has 120 valence electrons. The molecule has 0 aromatic heterocycles. The lowest BCUT2D eigenvalue weighted by atomic mass is 10.1. The highest BCUT2D eigenvalue weighted by atomic mass is 32.2. The van der Waals surface area contributed by atoms with E-state index in [4.69, 9.17) is 0 Å².